The number of likely N-dealkylation sites (tertiary alicyclic amines) is 1. The lowest BCUT2D eigenvalue weighted by atomic mass is 9.81. The van der Waals surface area contributed by atoms with Gasteiger partial charge in [-0.25, -0.2) is 4.79 Å². The Morgan fingerprint density at radius 2 is 1.61 bits per heavy atom. The lowest BCUT2D eigenvalue weighted by Gasteiger charge is -2.44. The van der Waals surface area contributed by atoms with E-state index >= 15 is 0 Å². The van der Waals surface area contributed by atoms with E-state index in [0.29, 0.717) is 62.6 Å². The zero-order valence-corrected chi connectivity index (χ0v) is 36.1. The topological polar surface area (TPSA) is 99.2 Å². The van der Waals surface area contributed by atoms with Crippen LogP contribution in [0.5, 0.6) is 5.75 Å². The number of ether oxygens (including phenoxy) is 5. The van der Waals surface area contributed by atoms with Crippen LogP contribution in [-0.4, -0.2) is 95.8 Å². The number of anilines is 1. The Labute approximate surface area is 326 Å². The molecule has 54 heavy (non-hydrogen) atoms. The normalized spacial score (nSPS) is 20.0. The molecule has 1 fully saturated rings. The summed E-state index contributed by atoms with van der Waals surface area (Å²) in [6.07, 6.45) is 0.130. The van der Waals surface area contributed by atoms with Gasteiger partial charge in [-0.3, -0.25) is 0 Å². The Hall–Kier alpha value is -2.67. The molecule has 0 aliphatic carbocycles. The fourth-order valence-electron chi connectivity index (χ4n) is 8.26. The molecule has 2 aromatic carbocycles. The van der Waals surface area contributed by atoms with E-state index in [9.17, 15) is 9.90 Å². The van der Waals surface area contributed by atoms with Crippen LogP contribution in [0.4, 0.5) is 10.5 Å². The molecule has 0 aromatic heterocycles. The number of rotatable bonds is 18. The zero-order chi connectivity index (χ0) is 39.7. The summed E-state index contributed by atoms with van der Waals surface area (Å²) in [5.41, 5.74) is 3.48. The highest BCUT2D eigenvalue weighted by atomic mass is 28.4. The minimum absolute atomic E-state index is 0.196. The van der Waals surface area contributed by atoms with E-state index in [1.165, 1.54) is 0 Å². The molecule has 4 rings (SSSR count). The third-order valence-electron chi connectivity index (χ3n) is 11.0. The molecule has 2 aliphatic rings. The molecular weight excluding hydrogens is 701 g/mol. The maximum absolute atomic E-state index is 13.2. The number of methoxy groups -OCH3 is 1. The van der Waals surface area contributed by atoms with Gasteiger partial charge >= 0.3 is 6.09 Å². The van der Waals surface area contributed by atoms with E-state index in [2.05, 4.69) is 59.4 Å². The molecule has 2 aromatic rings. The molecule has 2 heterocycles. The molecule has 0 bridgehead atoms. The second-order valence-electron chi connectivity index (χ2n) is 17.3. The number of fused-ring (bicyclic) bond motifs is 1. The van der Waals surface area contributed by atoms with Gasteiger partial charge in [-0.1, -0.05) is 78.8 Å². The summed E-state index contributed by atoms with van der Waals surface area (Å²) in [6.45, 7) is 27.3. The van der Waals surface area contributed by atoms with E-state index in [-0.39, 0.29) is 19.1 Å². The minimum atomic E-state index is -1.92. The molecule has 1 amide bonds. The smallest absolute Gasteiger partial charge is 0.410 e. The molecule has 1 N–H and O–H groups in total. The van der Waals surface area contributed by atoms with Gasteiger partial charge < -0.3 is 43.0 Å². The number of carbonyl (C=O) groups is 1. The monoisotopic (exact) mass is 770 g/mol. The first-order chi connectivity index (χ1) is 25.5. The van der Waals surface area contributed by atoms with E-state index < -0.39 is 31.7 Å². The number of hydrogen-bond donors (Lipinski definition) is 1. The predicted molar refractivity (Wildman–Crippen MR) is 218 cm³/mol. The summed E-state index contributed by atoms with van der Waals surface area (Å²) in [7, 11) is -0.198. The lowest BCUT2D eigenvalue weighted by molar-refractivity contribution is -0.154. The Morgan fingerprint density at radius 1 is 0.944 bits per heavy atom. The SMILES string of the molecule is COCCCN1CCOc2ccc(CO[C@H]3CN(C(=O)OC(C)(C)C)CC[C@]3(O)c3ccc(COC[C@@H](C)CO[Si](C(C)C)(C(C)C)C(C)C)cc3)cc21. The summed E-state index contributed by atoms with van der Waals surface area (Å²) in [5.74, 6) is 1.13. The van der Waals surface area contributed by atoms with Crippen LogP contribution in [0.3, 0.4) is 0 Å². The van der Waals surface area contributed by atoms with Crippen LogP contribution < -0.4 is 9.64 Å². The molecule has 3 atom stereocenters. The molecular formula is C43H70N2O8Si. The van der Waals surface area contributed by atoms with Crippen LogP contribution in [0.25, 0.3) is 0 Å². The van der Waals surface area contributed by atoms with Crippen LogP contribution in [0.1, 0.15) is 98.8 Å². The second-order valence-corrected chi connectivity index (χ2v) is 22.8. The van der Waals surface area contributed by atoms with Gasteiger partial charge in [0.15, 0.2) is 8.32 Å². The molecule has 0 spiro atoms. The number of benzene rings is 2. The van der Waals surface area contributed by atoms with Crippen LogP contribution in [-0.2, 0) is 42.2 Å². The van der Waals surface area contributed by atoms with Gasteiger partial charge in [0.2, 0.25) is 0 Å². The summed E-state index contributed by atoms with van der Waals surface area (Å²) >= 11 is 0. The fourth-order valence-corrected chi connectivity index (χ4v) is 13.8. The Morgan fingerprint density at radius 3 is 2.24 bits per heavy atom. The van der Waals surface area contributed by atoms with Crippen LogP contribution in [0.2, 0.25) is 16.6 Å². The van der Waals surface area contributed by atoms with Crippen LogP contribution >= 0.6 is 0 Å². The van der Waals surface area contributed by atoms with Crippen molar-refractivity contribution in [3.8, 4) is 5.75 Å². The highest BCUT2D eigenvalue weighted by Gasteiger charge is 2.46. The van der Waals surface area contributed by atoms with Crippen molar-refractivity contribution < 1.29 is 38.0 Å². The van der Waals surface area contributed by atoms with Gasteiger partial charge in [-0.05, 0) is 72.6 Å². The van der Waals surface area contributed by atoms with Gasteiger partial charge in [0.05, 0.1) is 38.6 Å². The van der Waals surface area contributed by atoms with E-state index in [0.717, 1.165) is 47.6 Å². The average Bonchev–Trinajstić information content (AvgIpc) is 3.10. The molecule has 0 saturated carbocycles. The van der Waals surface area contributed by atoms with E-state index in [4.69, 9.17) is 28.1 Å². The van der Waals surface area contributed by atoms with Crippen molar-refractivity contribution in [2.45, 2.75) is 129 Å². The van der Waals surface area contributed by atoms with E-state index in [1.54, 1.807) is 12.0 Å². The summed E-state index contributed by atoms with van der Waals surface area (Å²) < 4.78 is 36.5. The molecule has 0 unspecified atom stereocenters. The maximum Gasteiger partial charge on any atom is 0.410 e. The molecule has 0 radical (unpaired) electrons. The number of hydrogen-bond acceptors (Lipinski definition) is 9. The molecule has 2 aliphatic heterocycles. The van der Waals surface area contributed by atoms with Crippen molar-refractivity contribution in [2.24, 2.45) is 5.92 Å². The first kappa shape index (κ1) is 44.0. The van der Waals surface area contributed by atoms with Gasteiger partial charge in [-0.15, -0.1) is 0 Å². The quantitative estimate of drug-likeness (QED) is 0.118. The summed E-state index contributed by atoms with van der Waals surface area (Å²) in [4.78, 5) is 17.1. The van der Waals surface area contributed by atoms with Gasteiger partial charge in [0, 0.05) is 45.8 Å². The van der Waals surface area contributed by atoms with Crippen molar-refractivity contribution >= 4 is 20.1 Å². The van der Waals surface area contributed by atoms with Crippen LogP contribution in [0, 0.1) is 5.92 Å². The Bertz CT molecular complexity index is 1440. The number of piperidine rings is 1. The minimum Gasteiger partial charge on any atom is -0.490 e. The highest BCUT2D eigenvalue weighted by Crippen LogP contribution is 2.43. The average molecular weight is 771 g/mol. The van der Waals surface area contributed by atoms with E-state index in [1.807, 2.05) is 57.2 Å². The molecule has 304 valence electrons. The van der Waals surface area contributed by atoms with Crippen molar-refractivity contribution in [1.82, 2.24) is 4.90 Å². The first-order valence-electron chi connectivity index (χ1n) is 20.1. The third-order valence-corrected chi connectivity index (χ3v) is 17.1. The van der Waals surface area contributed by atoms with Gasteiger partial charge in [0.25, 0.3) is 0 Å². The zero-order valence-electron chi connectivity index (χ0n) is 35.1. The summed E-state index contributed by atoms with van der Waals surface area (Å²) in [5, 5.41) is 12.4. The second kappa shape index (κ2) is 19.5. The van der Waals surface area contributed by atoms with Crippen LogP contribution in [0.15, 0.2) is 42.5 Å². The standard InChI is InChI=1S/C43H70N2O8Si/c1-31(2)54(32(3)4,33(5)6)52-28-34(7)27-49-29-35-13-16-37(17-14-35)43(47)19-21-45(41(46)53-42(8,9)10)26-40(43)51-30-36-15-18-39-38(25-36)44(22-24-50-39)20-12-23-48-11/h13-18,25,31-34,40,47H,12,19-24,26-30H2,1-11H3/t34-,40+,43+/m1/s1. The largest absolute Gasteiger partial charge is 0.490 e. The fraction of sp³-hybridized carbons (Fsp3) is 0.698. The van der Waals surface area contributed by atoms with Crippen molar-refractivity contribution in [3.63, 3.8) is 0 Å². The molecule has 10 nitrogen and oxygen atoms in total. The maximum atomic E-state index is 13.2. The number of aliphatic hydroxyl groups is 1. The first-order valence-corrected chi connectivity index (χ1v) is 22.3. The summed E-state index contributed by atoms with van der Waals surface area (Å²) in [6, 6.07) is 14.1. The predicted octanol–water partition coefficient (Wildman–Crippen LogP) is 8.68. The highest BCUT2D eigenvalue weighted by molar-refractivity contribution is 6.77. The lowest BCUT2D eigenvalue weighted by Crippen LogP contribution is -2.56. The Kier molecular flexibility index (Phi) is 15.9. The van der Waals surface area contributed by atoms with Gasteiger partial charge in [-0.2, -0.15) is 0 Å². The molecule has 1 saturated heterocycles. The van der Waals surface area contributed by atoms with Crippen molar-refractivity contribution in [3.05, 3.63) is 59.2 Å². The number of nitrogens with zero attached hydrogens (tertiary/aromatic N) is 2. The molecule has 11 heteroatoms. The van der Waals surface area contributed by atoms with Gasteiger partial charge in [0.1, 0.15) is 29.7 Å². The number of amides is 1. The third kappa shape index (κ3) is 11.2. The Balaban J connectivity index is 1.43. The number of carbonyl (C=O) groups excluding carboxylic acids is 1. The van der Waals surface area contributed by atoms with Crippen molar-refractivity contribution in [2.75, 3.05) is 64.6 Å². The van der Waals surface area contributed by atoms with Crippen molar-refractivity contribution in [1.29, 1.82) is 0 Å².